The van der Waals surface area contributed by atoms with Gasteiger partial charge in [-0.1, -0.05) is 19.1 Å². The highest BCUT2D eigenvalue weighted by Gasteiger charge is 2.32. The fourth-order valence-corrected chi connectivity index (χ4v) is 3.25. The van der Waals surface area contributed by atoms with Crippen LogP contribution in [0.25, 0.3) is 0 Å². The Hall–Kier alpha value is -1.07. The number of thioether (sulfide) groups is 1. The maximum absolute atomic E-state index is 13.2. The summed E-state index contributed by atoms with van der Waals surface area (Å²) in [7, 11) is 1.38. The van der Waals surface area contributed by atoms with Crippen LogP contribution in [0.5, 0.6) is 0 Å². The molecule has 0 radical (unpaired) electrons. The molecule has 0 aliphatic carbocycles. The fraction of sp³-hybridized carbons (Fsp3) is 0.462. The van der Waals surface area contributed by atoms with Crippen molar-refractivity contribution >= 4 is 17.7 Å². The number of halogens is 1. The van der Waals surface area contributed by atoms with Gasteiger partial charge in [-0.05, 0) is 17.7 Å². The van der Waals surface area contributed by atoms with Gasteiger partial charge in [-0.3, -0.25) is 10.1 Å². The summed E-state index contributed by atoms with van der Waals surface area (Å²) in [5, 5.41) is 3.52. The molecule has 3 atom stereocenters. The molecule has 1 saturated heterocycles. The number of methoxy groups -OCH3 is 1. The summed E-state index contributed by atoms with van der Waals surface area (Å²) in [5.74, 6) is 0.155. The standard InChI is InChI=1S/C13H16FNO2S/c1-8-12(9-4-3-5-10(14)6-9)15-11(7-18-8)13(16)17-2/h3-6,8,11-12,15H,7H2,1-2H3. The van der Waals surface area contributed by atoms with E-state index in [1.165, 1.54) is 19.2 Å². The number of benzene rings is 1. The van der Waals surface area contributed by atoms with Crippen molar-refractivity contribution in [1.82, 2.24) is 5.32 Å². The van der Waals surface area contributed by atoms with E-state index in [0.717, 1.165) is 5.56 Å². The zero-order valence-electron chi connectivity index (χ0n) is 10.4. The van der Waals surface area contributed by atoms with Crippen molar-refractivity contribution < 1.29 is 13.9 Å². The van der Waals surface area contributed by atoms with Crippen LogP contribution in [0.1, 0.15) is 18.5 Å². The molecule has 0 bridgehead atoms. The van der Waals surface area contributed by atoms with Crippen molar-refractivity contribution in [3.05, 3.63) is 35.6 Å². The number of ether oxygens (including phenoxy) is 1. The van der Waals surface area contributed by atoms with Gasteiger partial charge in [0.25, 0.3) is 0 Å². The first-order chi connectivity index (χ1) is 8.61. The van der Waals surface area contributed by atoms with Gasteiger partial charge >= 0.3 is 5.97 Å². The predicted molar refractivity (Wildman–Crippen MR) is 70.0 cm³/mol. The third-order valence-corrected chi connectivity index (χ3v) is 4.39. The highest BCUT2D eigenvalue weighted by atomic mass is 32.2. The molecule has 2 rings (SSSR count). The second-order valence-electron chi connectivity index (χ2n) is 4.31. The quantitative estimate of drug-likeness (QED) is 0.835. The largest absolute Gasteiger partial charge is 0.468 e. The number of hydrogen-bond donors (Lipinski definition) is 1. The molecule has 1 heterocycles. The minimum atomic E-state index is -0.329. The Kier molecular flexibility index (Phi) is 4.24. The van der Waals surface area contributed by atoms with Crippen molar-refractivity contribution in [2.45, 2.75) is 24.3 Å². The SMILES string of the molecule is COC(=O)C1CSC(C)C(c2cccc(F)c2)N1. The van der Waals surface area contributed by atoms with Crippen LogP contribution in [0.15, 0.2) is 24.3 Å². The van der Waals surface area contributed by atoms with E-state index in [1.807, 2.05) is 6.07 Å². The summed E-state index contributed by atoms with van der Waals surface area (Å²) in [6.45, 7) is 2.07. The summed E-state index contributed by atoms with van der Waals surface area (Å²) >= 11 is 1.69. The van der Waals surface area contributed by atoms with Crippen LogP contribution in [0.2, 0.25) is 0 Å². The first-order valence-electron chi connectivity index (χ1n) is 5.82. The predicted octanol–water partition coefficient (Wildman–Crippen LogP) is 2.13. The molecule has 0 saturated carbocycles. The Balaban J connectivity index is 2.17. The van der Waals surface area contributed by atoms with Crippen LogP contribution < -0.4 is 5.32 Å². The molecule has 0 aromatic heterocycles. The average molecular weight is 269 g/mol. The van der Waals surface area contributed by atoms with E-state index < -0.39 is 0 Å². The normalized spacial score (nSPS) is 27.8. The summed E-state index contributed by atoms with van der Waals surface area (Å²) in [6.07, 6.45) is 0. The summed E-state index contributed by atoms with van der Waals surface area (Å²) in [6, 6.07) is 6.12. The number of nitrogens with one attached hydrogen (secondary N) is 1. The lowest BCUT2D eigenvalue weighted by molar-refractivity contribution is -0.142. The number of carbonyl (C=O) groups excluding carboxylic acids is 1. The Morgan fingerprint density at radius 2 is 2.33 bits per heavy atom. The van der Waals surface area contributed by atoms with Crippen LogP contribution in [0, 0.1) is 5.82 Å². The van der Waals surface area contributed by atoms with E-state index in [4.69, 9.17) is 4.74 Å². The van der Waals surface area contributed by atoms with Crippen molar-refractivity contribution in [1.29, 1.82) is 0 Å². The zero-order chi connectivity index (χ0) is 13.1. The van der Waals surface area contributed by atoms with Gasteiger partial charge in [0.1, 0.15) is 11.9 Å². The van der Waals surface area contributed by atoms with Gasteiger partial charge in [0, 0.05) is 17.0 Å². The molecular formula is C13H16FNO2S. The van der Waals surface area contributed by atoms with Crippen molar-refractivity contribution in [2.75, 3.05) is 12.9 Å². The number of esters is 1. The molecular weight excluding hydrogens is 253 g/mol. The lowest BCUT2D eigenvalue weighted by Crippen LogP contribution is -2.48. The van der Waals surface area contributed by atoms with Crippen molar-refractivity contribution in [3.8, 4) is 0 Å². The van der Waals surface area contributed by atoms with E-state index in [2.05, 4.69) is 12.2 Å². The molecule has 1 aliphatic heterocycles. The van der Waals surface area contributed by atoms with Crippen LogP contribution in [-0.2, 0) is 9.53 Å². The molecule has 18 heavy (non-hydrogen) atoms. The molecule has 1 N–H and O–H groups in total. The highest BCUT2D eigenvalue weighted by molar-refractivity contribution is 8.00. The van der Waals surface area contributed by atoms with E-state index in [0.29, 0.717) is 5.75 Å². The topological polar surface area (TPSA) is 38.3 Å². The van der Waals surface area contributed by atoms with Crippen LogP contribution in [0.4, 0.5) is 4.39 Å². The fourth-order valence-electron chi connectivity index (χ4n) is 2.09. The van der Waals surface area contributed by atoms with Crippen LogP contribution >= 0.6 is 11.8 Å². The van der Waals surface area contributed by atoms with Gasteiger partial charge in [0.05, 0.1) is 7.11 Å². The Bertz CT molecular complexity index is 441. The molecule has 1 aromatic carbocycles. The minimum Gasteiger partial charge on any atom is -0.468 e. The van der Waals surface area contributed by atoms with Gasteiger partial charge in [-0.15, -0.1) is 0 Å². The van der Waals surface area contributed by atoms with Gasteiger partial charge in [-0.2, -0.15) is 11.8 Å². The minimum absolute atomic E-state index is 0.0384. The first kappa shape index (κ1) is 13.4. The van der Waals surface area contributed by atoms with E-state index >= 15 is 0 Å². The molecule has 3 unspecified atom stereocenters. The Labute approximate surface area is 110 Å². The van der Waals surface area contributed by atoms with Gasteiger partial charge < -0.3 is 4.74 Å². The lowest BCUT2D eigenvalue weighted by atomic mass is 10.0. The lowest BCUT2D eigenvalue weighted by Gasteiger charge is -2.34. The van der Waals surface area contributed by atoms with Crippen molar-refractivity contribution in [3.63, 3.8) is 0 Å². The second-order valence-corrected chi connectivity index (χ2v) is 5.72. The molecule has 3 nitrogen and oxygen atoms in total. The Morgan fingerprint density at radius 3 is 3.00 bits per heavy atom. The van der Waals surface area contributed by atoms with Gasteiger partial charge in [0.2, 0.25) is 0 Å². The smallest absolute Gasteiger partial charge is 0.323 e. The summed E-state index contributed by atoms with van der Waals surface area (Å²) in [5.41, 5.74) is 0.864. The first-order valence-corrected chi connectivity index (χ1v) is 6.87. The second kappa shape index (κ2) is 5.71. The van der Waals surface area contributed by atoms with Crippen molar-refractivity contribution in [2.24, 2.45) is 0 Å². The highest BCUT2D eigenvalue weighted by Crippen LogP contribution is 2.32. The van der Waals surface area contributed by atoms with E-state index in [-0.39, 0.29) is 29.1 Å². The number of rotatable bonds is 2. The van der Waals surface area contributed by atoms with E-state index in [1.54, 1.807) is 17.8 Å². The maximum Gasteiger partial charge on any atom is 0.323 e. The van der Waals surface area contributed by atoms with Crippen LogP contribution in [0.3, 0.4) is 0 Å². The number of carbonyl (C=O) groups is 1. The molecule has 5 heteroatoms. The summed E-state index contributed by atoms with van der Waals surface area (Å²) in [4.78, 5) is 11.5. The molecule has 1 aliphatic rings. The van der Waals surface area contributed by atoms with Crippen LogP contribution in [-0.4, -0.2) is 30.1 Å². The van der Waals surface area contributed by atoms with Gasteiger partial charge in [-0.25, -0.2) is 4.39 Å². The van der Waals surface area contributed by atoms with E-state index in [9.17, 15) is 9.18 Å². The molecule has 1 fully saturated rings. The monoisotopic (exact) mass is 269 g/mol. The average Bonchev–Trinajstić information content (AvgIpc) is 2.38. The summed E-state index contributed by atoms with van der Waals surface area (Å²) < 4.78 is 18.0. The molecule has 1 aromatic rings. The third kappa shape index (κ3) is 2.84. The maximum atomic E-state index is 13.2. The third-order valence-electron chi connectivity index (χ3n) is 3.07. The zero-order valence-corrected chi connectivity index (χ0v) is 11.2. The Morgan fingerprint density at radius 1 is 1.56 bits per heavy atom. The molecule has 0 spiro atoms. The molecule has 0 amide bonds. The molecule has 98 valence electrons. The van der Waals surface area contributed by atoms with Gasteiger partial charge in [0.15, 0.2) is 0 Å². The number of hydrogen-bond acceptors (Lipinski definition) is 4.